The molecule has 1 rings (SSSR count). The summed E-state index contributed by atoms with van der Waals surface area (Å²) in [6.07, 6.45) is 3.78. The Labute approximate surface area is 90.6 Å². The zero-order chi connectivity index (χ0) is 11.1. The minimum absolute atomic E-state index is 0.0601. The third kappa shape index (κ3) is 4.45. The van der Waals surface area contributed by atoms with Crippen LogP contribution in [0.1, 0.15) is 19.4 Å². The van der Waals surface area contributed by atoms with Crippen LogP contribution in [0.3, 0.4) is 0 Å². The zero-order valence-corrected chi connectivity index (χ0v) is 9.14. The first kappa shape index (κ1) is 11.5. The number of carbonyl (C=O) groups is 1. The van der Waals surface area contributed by atoms with Gasteiger partial charge in [-0.05, 0) is 11.6 Å². The molecule has 0 saturated carbocycles. The molecule has 0 aliphatic heterocycles. The molecule has 0 amide bonds. The normalized spacial score (nSPS) is 10.9. The first-order chi connectivity index (χ1) is 7.20. The van der Waals surface area contributed by atoms with E-state index < -0.39 is 0 Å². The van der Waals surface area contributed by atoms with E-state index in [9.17, 15) is 4.79 Å². The summed E-state index contributed by atoms with van der Waals surface area (Å²) < 4.78 is 5.00. The van der Waals surface area contributed by atoms with E-state index in [-0.39, 0.29) is 11.9 Å². The number of hydrogen-bond donors (Lipinski definition) is 0. The quantitative estimate of drug-likeness (QED) is 0.705. The highest BCUT2D eigenvalue weighted by Gasteiger charge is 2.05. The van der Waals surface area contributed by atoms with Gasteiger partial charge in [-0.25, -0.2) is 0 Å². The number of ether oxygens (including phenoxy) is 1. The summed E-state index contributed by atoms with van der Waals surface area (Å²) in [7, 11) is 0. The summed E-state index contributed by atoms with van der Waals surface area (Å²) in [6, 6.07) is 9.91. The Morgan fingerprint density at radius 3 is 2.60 bits per heavy atom. The van der Waals surface area contributed by atoms with Crippen molar-refractivity contribution in [2.45, 2.75) is 13.8 Å². The molecule has 1 aromatic rings. The van der Waals surface area contributed by atoms with Crippen LogP contribution in [0.5, 0.6) is 0 Å². The maximum atomic E-state index is 11.1. The van der Waals surface area contributed by atoms with Gasteiger partial charge < -0.3 is 4.74 Å². The Balaban J connectivity index is 2.32. The van der Waals surface area contributed by atoms with Crippen molar-refractivity contribution in [1.29, 1.82) is 0 Å². The maximum Gasteiger partial charge on any atom is 0.308 e. The number of benzene rings is 1. The van der Waals surface area contributed by atoms with Gasteiger partial charge in [0.25, 0.3) is 0 Å². The first-order valence-corrected chi connectivity index (χ1v) is 5.08. The highest BCUT2D eigenvalue weighted by atomic mass is 16.5. The van der Waals surface area contributed by atoms with Crippen molar-refractivity contribution in [3.05, 3.63) is 42.0 Å². The van der Waals surface area contributed by atoms with E-state index >= 15 is 0 Å². The summed E-state index contributed by atoms with van der Waals surface area (Å²) in [6.45, 7) is 3.98. The molecular weight excluding hydrogens is 188 g/mol. The zero-order valence-electron chi connectivity index (χ0n) is 9.14. The highest BCUT2D eigenvalue weighted by Crippen LogP contribution is 2.01. The minimum atomic E-state index is -0.160. The highest BCUT2D eigenvalue weighted by molar-refractivity contribution is 5.71. The number of rotatable bonds is 4. The minimum Gasteiger partial charge on any atom is -0.461 e. The van der Waals surface area contributed by atoms with Gasteiger partial charge in [-0.1, -0.05) is 50.3 Å². The maximum absolute atomic E-state index is 11.1. The van der Waals surface area contributed by atoms with E-state index in [0.717, 1.165) is 5.56 Å². The third-order valence-corrected chi connectivity index (χ3v) is 1.90. The van der Waals surface area contributed by atoms with Gasteiger partial charge in [0.1, 0.15) is 6.61 Å². The monoisotopic (exact) mass is 204 g/mol. The largest absolute Gasteiger partial charge is 0.461 e. The molecule has 2 nitrogen and oxygen atoms in total. The lowest BCUT2D eigenvalue weighted by Gasteiger charge is -2.03. The molecule has 0 aliphatic carbocycles. The van der Waals surface area contributed by atoms with Gasteiger partial charge in [0, 0.05) is 0 Å². The van der Waals surface area contributed by atoms with E-state index in [2.05, 4.69) is 0 Å². The number of esters is 1. The van der Waals surface area contributed by atoms with E-state index in [1.54, 1.807) is 0 Å². The molecule has 15 heavy (non-hydrogen) atoms. The van der Waals surface area contributed by atoms with Crippen molar-refractivity contribution in [1.82, 2.24) is 0 Å². The molecule has 0 atom stereocenters. The fraction of sp³-hybridized carbons (Fsp3) is 0.308. The molecule has 0 unspecified atom stereocenters. The van der Waals surface area contributed by atoms with Crippen molar-refractivity contribution < 1.29 is 9.53 Å². The molecule has 0 radical (unpaired) electrons. The van der Waals surface area contributed by atoms with Crippen molar-refractivity contribution in [3.8, 4) is 0 Å². The van der Waals surface area contributed by atoms with Crippen molar-refractivity contribution >= 4 is 12.0 Å². The second kappa shape index (κ2) is 6.02. The van der Waals surface area contributed by atoms with Crippen LogP contribution in [0.15, 0.2) is 36.4 Å². The average molecular weight is 204 g/mol. The van der Waals surface area contributed by atoms with Crippen LogP contribution in [-0.2, 0) is 9.53 Å². The SMILES string of the molecule is CC(C)C(=O)OC/C=C/c1ccccc1. The molecule has 0 aromatic heterocycles. The molecular formula is C13H16O2. The summed E-state index contributed by atoms with van der Waals surface area (Å²) in [5, 5.41) is 0. The average Bonchev–Trinajstić information content (AvgIpc) is 2.25. The molecule has 80 valence electrons. The van der Waals surface area contributed by atoms with Crippen LogP contribution in [0, 0.1) is 5.92 Å². The molecule has 0 spiro atoms. The van der Waals surface area contributed by atoms with Crippen molar-refractivity contribution in [2.75, 3.05) is 6.61 Å². The van der Waals surface area contributed by atoms with E-state index in [0.29, 0.717) is 6.61 Å². The van der Waals surface area contributed by atoms with E-state index in [4.69, 9.17) is 4.74 Å². The molecule has 0 fully saturated rings. The van der Waals surface area contributed by atoms with Gasteiger partial charge >= 0.3 is 5.97 Å². The van der Waals surface area contributed by atoms with Crippen LogP contribution in [0.25, 0.3) is 6.08 Å². The smallest absolute Gasteiger partial charge is 0.308 e. The second-order valence-electron chi connectivity index (χ2n) is 3.60. The van der Waals surface area contributed by atoms with Gasteiger partial charge in [0.05, 0.1) is 5.92 Å². The molecule has 0 heterocycles. The summed E-state index contributed by atoms with van der Waals surface area (Å²) in [5.74, 6) is -0.220. The van der Waals surface area contributed by atoms with Crippen LogP contribution in [-0.4, -0.2) is 12.6 Å². The van der Waals surface area contributed by atoms with Crippen molar-refractivity contribution in [2.24, 2.45) is 5.92 Å². The Morgan fingerprint density at radius 2 is 2.00 bits per heavy atom. The van der Waals surface area contributed by atoms with Crippen LogP contribution < -0.4 is 0 Å². The molecule has 1 aromatic carbocycles. The van der Waals surface area contributed by atoms with Gasteiger partial charge in [0.15, 0.2) is 0 Å². The predicted molar refractivity (Wildman–Crippen MR) is 61.3 cm³/mol. The van der Waals surface area contributed by atoms with Gasteiger partial charge in [-0.3, -0.25) is 4.79 Å². The van der Waals surface area contributed by atoms with Crippen LogP contribution >= 0.6 is 0 Å². The van der Waals surface area contributed by atoms with E-state index in [1.165, 1.54) is 0 Å². The Hall–Kier alpha value is -1.57. The fourth-order valence-electron chi connectivity index (χ4n) is 1.05. The van der Waals surface area contributed by atoms with Crippen LogP contribution in [0.4, 0.5) is 0 Å². The molecule has 0 saturated heterocycles. The summed E-state index contributed by atoms with van der Waals surface area (Å²) in [5.41, 5.74) is 1.11. The molecule has 0 N–H and O–H groups in total. The molecule has 0 bridgehead atoms. The number of carbonyl (C=O) groups excluding carboxylic acids is 1. The Bertz CT molecular complexity index is 326. The fourth-order valence-corrected chi connectivity index (χ4v) is 1.05. The Kier molecular flexibility index (Phi) is 4.61. The van der Waals surface area contributed by atoms with Gasteiger partial charge in [-0.15, -0.1) is 0 Å². The van der Waals surface area contributed by atoms with Gasteiger partial charge in [-0.2, -0.15) is 0 Å². The predicted octanol–water partition coefficient (Wildman–Crippen LogP) is 2.90. The summed E-state index contributed by atoms with van der Waals surface area (Å²) >= 11 is 0. The number of hydrogen-bond acceptors (Lipinski definition) is 2. The van der Waals surface area contributed by atoms with Crippen LogP contribution in [0.2, 0.25) is 0 Å². The lowest BCUT2D eigenvalue weighted by Crippen LogP contribution is -2.11. The lowest BCUT2D eigenvalue weighted by atomic mass is 10.2. The topological polar surface area (TPSA) is 26.3 Å². The summed E-state index contributed by atoms with van der Waals surface area (Å²) in [4.78, 5) is 11.1. The standard InChI is InChI=1S/C13H16O2/c1-11(2)13(14)15-10-6-9-12-7-4-3-5-8-12/h3-9,11H,10H2,1-2H3/b9-6+. The second-order valence-corrected chi connectivity index (χ2v) is 3.60. The van der Waals surface area contributed by atoms with Crippen molar-refractivity contribution in [3.63, 3.8) is 0 Å². The Morgan fingerprint density at radius 1 is 1.33 bits per heavy atom. The third-order valence-electron chi connectivity index (χ3n) is 1.90. The lowest BCUT2D eigenvalue weighted by molar-refractivity contribution is -0.145. The first-order valence-electron chi connectivity index (χ1n) is 5.08. The molecule has 2 heteroatoms. The van der Waals surface area contributed by atoms with Gasteiger partial charge in [0.2, 0.25) is 0 Å². The molecule has 0 aliphatic rings. The van der Waals surface area contributed by atoms with E-state index in [1.807, 2.05) is 56.3 Å².